The molecule has 0 N–H and O–H groups in total. The first kappa shape index (κ1) is 18.5. The zero-order valence-electron chi connectivity index (χ0n) is 14.9. The second-order valence-electron chi connectivity index (χ2n) is 6.47. The average Bonchev–Trinajstić information content (AvgIpc) is 3.24. The minimum Gasteiger partial charge on any atom is -0.449 e. The number of benzene rings is 1. The first-order valence-corrected chi connectivity index (χ1v) is 9.11. The van der Waals surface area contributed by atoms with Crippen LogP contribution in [0.4, 0.5) is 0 Å². The van der Waals surface area contributed by atoms with Gasteiger partial charge >= 0.3 is 5.97 Å². The van der Waals surface area contributed by atoms with Crippen molar-refractivity contribution in [3.05, 3.63) is 52.3 Å². The normalized spacial score (nSPS) is 15.1. The van der Waals surface area contributed by atoms with Gasteiger partial charge in [0, 0.05) is 13.1 Å². The number of carbonyl (C=O) groups is 2. The van der Waals surface area contributed by atoms with Crippen LogP contribution < -0.4 is 0 Å². The summed E-state index contributed by atoms with van der Waals surface area (Å²) < 4.78 is 6.93. The van der Waals surface area contributed by atoms with E-state index < -0.39 is 12.1 Å². The molecule has 2 heterocycles. The van der Waals surface area contributed by atoms with Gasteiger partial charge in [0.25, 0.3) is 5.91 Å². The molecule has 0 saturated carbocycles. The third-order valence-electron chi connectivity index (χ3n) is 4.49. The van der Waals surface area contributed by atoms with Crippen molar-refractivity contribution in [1.29, 1.82) is 0 Å². The minimum atomic E-state index is -0.839. The Balaban J connectivity index is 1.72. The monoisotopic (exact) mass is 375 g/mol. The number of hydrogen-bond donors (Lipinski definition) is 0. The molecule has 1 aliphatic heterocycles. The molecule has 3 rings (SSSR count). The first-order chi connectivity index (χ1) is 12.5. The fraction of sp³-hybridized carbons (Fsp3) is 0.421. The van der Waals surface area contributed by atoms with Crippen LogP contribution in [-0.2, 0) is 16.1 Å². The number of esters is 1. The molecular formula is C19H22ClN3O3. The molecule has 1 aromatic heterocycles. The molecule has 26 heavy (non-hydrogen) atoms. The van der Waals surface area contributed by atoms with Crippen LogP contribution in [0.25, 0.3) is 0 Å². The molecule has 138 valence electrons. The molecule has 0 spiro atoms. The van der Waals surface area contributed by atoms with Crippen LogP contribution in [0.5, 0.6) is 0 Å². The lowest BCUT2D eigenvalue weighted by Crippen LogP contribution is -2.38. The number of ether oxygens (including phenoxy) is 1. The standard InChI is InChI=1S/C19H22ClN3O3/c1-13-16(17(20)23(21-13)12-15-8-4-3-5-9-15)19(25)26-14(2)18(24)22-10-6-7-11-22/h3-5,8-9,14H,6-7,10-12H2,1-2H3/t14-/m0/s1. The van der Waals surface area contributed by atoms with Crippen LogP contribution >= 0.6 is 11.6 Å². The molecule has 1 saturated heterocycles. The van der Waals surface area contributed by atoms with Crippen LogP contribution in [0.3, 0.4) is 0 Å². The highest BCUT2D eigenvalue weighted by molar-refractivity contribution is 6.32. The van der Waals surface area contributed by atoms with E-state index in [2.05, 4.69) is 5.10 Å². The van der Waals surface area contributed by atoms with Crippen molar-refractivity contribution in [1.82, 2.24) is 14.7 Å². The lowest BCUT2D eigenvalue weighted by atomic mass is 10.2. The summed E-state index contributed by atoms with van der Waals surface area (Å²) in [7, 11) is 0. The zero-order valence-corrected chi connectivity index (χ0v) is 15.7. The third-order valence-corrected chi connectivity index (χ3v) is 4.88. The summed E-state index contributed by atoms with van der Waals surface area (Å²) in [4.78, 5) is 26.6. The minimum absolute atomic E-state index is 0.165. The molecule has 6 nitrogen and oxygen atoms in total. The molecular weight excluding hydrogens is 354 g/mol. The summed E-state index contributed by atoms with van der Waals surface area (Å²) in [5.74, 6) is -0.784. The average molecular weight is 376 g/mol. The van der Waals surface area contributed by atoms with Crippen LogP contribution in [0.1, 0.15) is 41.4 Å². The lowest BCUT2D eigenvalue weighted by Gasteiger charge is -2.20. The molecule has 1 fully saturated rings. The van der Waals surface area contributed by atoms with E-state index in [0.717, 1.165) is 31.5 Å². The number of halogens is 1. The van der Waals surface area contributed by atoms with E-state index in [-0.39, 0.29) is 16.6 Å². The number of hydrogen-bond acceptors (Lipinski definition) is 4. The van der Waals surface area contributed by atoms with Gasteiger partial charge in [-0.05, 0) is 32.3 Å². The Hall–Kier alpha value is -2.34. The number of aryl methyl sites for hydroxylation is 1. The summed E-state index contributed by atoms with van der Waals surface area (Å²) in [6.07, 6.45) is 1.14. The molecule has 0 unspecified atom stereocenters. The lowest BCUT2D eigenvalue weighted by molar-refractivity contribution is -0.138. The number of rotatable bonds is 5. The number of nitrogens with zero attached hydrogens (tertiary/aromatic N) is 3. The van der Waals surface area contributed by atoms with E-state index in [1.807, 2.05) is 30.3 Å². The molecule has 1 atom stereocenters. The maximum absolute atomic E-state index is 12.6. The fourth-order valence-electron chi connectivity index (χ4n) is 3.11. The summed E-state index contributed by atoms with van der Waals surface area (Å²) in [6, 6.07) is 9.71. The van der Waals surface area contributed by atoms with Gasteiger partial charge in [-0.2, -0.15) is 5.10 Å². The Kier molecular flexibility index (Phi) is 5.61. The largest absolute Gasteiger partial charge is 0.449 e. The Bertz CT molecular complexity index is 798. The summed E-state index contributed by atoms with van der Waals surface area (Å²) >= 11 is 6.37. The maximum Gasteiger partial charge on any atom is 0.343 e. The molecule has 1 aromatic carbocycles. The predicted molar refractivity (Wildman–Crippen MR) is 98.2 cm³/mol. The molecule has 0 radical (unpaired) electrons. The Labute approximate surface area is 157 Å². The Morgan fingerprint density at radius 2 is 1.88 bits per heavy atom. The molecule has 1 aliphatic rings. The highest BCUT2D eigenvalue weighted by atomic mass is 35.5. The molecule has 2 aromatic rings. The van der Waals surface area contributed by atoms with Gasteiger partial charge in [0.1, 0.15) is 10.7 Å². The van der Waals surface area contributed by atoms with Gasteiger partial charge in [0.2, 0.25) is 0 Å². The zero-order chi connectivity index (χ0) is 18.7. The maximum atomic E-state index is 12.6. The third kappa shape index (κ3) is 3.90. The smallest absolute Gasteiger partial charge is 0.343 e. The van der Waals surface area contributed by atoms with Crippen molar-refractivity contribution in [3.8, 4) is 0 Å². The van der Waals surface area contributed by atoms with Crippen LogP contribution in [0, 0.1) is 6.92 Å². The summed E-state index contributed by atoms with van der Waals surface area (Å²) in [5.41, 5.74) is 1.72. The van der Waals surface area contributed by atoms with E-state index in [4.69, 9.17) is 16.3 Å². The van der Waals surface area contributed by atoms with Gasteiger partial charge in [0.15, 0.2) is 6.10 Å². The van der Waals surface area contributed by atoms with E-state index >= 15 is 0 Å². The van der Waals surface area contributed by atoms with Gasteiger partial charge < -0.3 is 9.64 Å². The summed E-state index contributed by atoms with van der Waals surface area (Å²) in [6.45, 7) is 5.19. The number of aromatic nitrogens is 2. The van der Waals surface area contributed by atoms with Crippen molar-refractivity contribution in [3.63, 3.8) is 0 Å². The van der Waals surface area contributed by atoms with Gasteiger partial charge in [0.05, 0.1) is 12.2 Å². The van der Waals surface area contributed by atoms with Gasteiger partial charge in [-0.1, -0.05) is 41.9 Å². The molecule has 7 heteroatoms. The second kappa shape index (κ2) is 7.91. The SMILES string of the molecule is Cc1nn(Cc2ccccc2)c(Cl)c1C(=O)O[C@@H](C)C(=O)N1CCCC1. The molecule has 0 aliphatic carbocycles. The van der Waals surface area contributed by atoms with Crippen molar-refractivity contribution in [2.24, 2.45) is 0 Å². The second-order valence-corrected chi connectivity index (χ2v) is 6.83. The number of carbonyl (C=O) groups excluding carboxylic acids is 2. The fourth-order valence-corrected chi connectivity index (χ4v) is 3.42. The molecule has 1 amide bonds. The summed E-state index contributed by atoms with van der Waals surface area (Å²) in [5, 5.41) is 4.56. The Morgan fingerprint density at radius 3 is 2.54 bits per heavy atom. The van der Waals surface area contributed by atoms with Crippen molar-refractivity contribution in [2.45, 2.75) is 39.3 Å². The van der Waals surface area contributed by atoms with Crippen LogP contribution in [-0.4, -0.2) is 45.8 Å². The number of amides is 1. The van der Waals surface area contributed by atoms with E-state index in [0.29, 0.717) is 12.2 Å². The van der Waals surface area contributed by atoms with Crippen molar-refractivity contribution < 1.29 is 14.3 Å². The van der Waals surface area contributed by atoms with E-state index in [1.165, 1.54) is 0 Å². The van der Waals surface area contributed by atoms with Gasteiger partial charge in [-0.25, -0.2) is 9.48 Å². The Morgan fingerprint density at radius 1 is 1.23 bits per heavy atom. The van der Waals surface area contributed by atoms with E-state index in [1.54, 1.807) is 23.4 Å². The topological polar surface area (TPSA) is 64.4 Å². The van der Waals surface area contributed by atoms with Crippen molar-refractivity contribution >= 4 is 23.5 Å². The quantitative estimate of drug-likeness (QED) is 0.753. The number of likely N-dealkylation sites (tertiary alicyclic amines) is 1. The van der Waals surface area contributed by atoms with Crippen LogP contribution in [0.2, 0.25) is 5.15 Å². The van der Waals surface area contributed by atoms with Crippen LogP contribution in [0.15, 0.2) is 30.3 Å². The van der Waals surface area contributed by atoms with E-state index in [9.17, 15) is 9.59 Å². The van der Waals surface area contributed by atoms with Gasteiger partial charge in [-0.15, -0.1) is 0 Å². The highest BCUT2D eigenvalue weighted by Gasteiger charge is 2.29. The first-order valence-electron chi connectivity index (χ1n) is 8.74. The predicted octanol–water partition coefficient (Wildman–Crippen LogP) is 3.06. The van der Waals surface area contributed by atoms with Gasteiger partial charge in [-0.3, -0.25) is 4.79 Å². The van der Waals surface area contributed by atoms with Crippen molar-refractivity contribution in [2.75, 3.05) is 13.1 Å². The highest BCUT2D eigenvalue weighted by Crippen LogP contribution is 2.23. The molecule has 0 bridgehead atoms.